The fourth-order valence-electron chi connectivity index (χ4n) is 13.2. The summed E-state index contributed by atoms with van der Waals surface area (Å²) >= 11 is 0. The van der Waals surface area contributed by atoms with Crippen LogP contribution in [0.25, 0.3) is 0 Å². The first-order chi connectivity index (χ1) is 23.4. The number of hydrogen-bond donors (Lipinski definition) is 2. The number of fused-ring (bicyclic) bond motifs is 2. The highest BCUT2D eigenvalue weighted by Gasteiger charge is 2.91. The summed E-state index contributed by atoms with van der Waals surface area (Å²) in [7, 11) is 6.70. The molecule has 8 rings (SSSR count). The molecule has 7 fully saturated rings. The molecule has 12 nitrogen and oxygen atoms in total. The Labute approximate surface area is 287 Å². The number of benzene rings is 1. The first-order valence-electron chi connectivity index (χ1n) is 17.9. The first kappa shape index (κ1) is 33.7. The maximum Gasteiger partial charge on any atom is 0.340 e. The van der Waals surface area contributed by atoms with Gasteiger partial charge in [0.05, 0.1) is 48.3 Å². The van der Waals surface area contributed by atoms with E-state index in [-0.39, 0.29) is 84.5 Å². The van der Waals surface area contributed by atoms with Crippen LogP contribution in [0.15, 0.2) is 24.3 Å². The van der Waals surface area contributed by atoms with Crippen LogP contribution in [-0.4, -0.2) is 123 Å². The van der Waals surface area contributed by atoms with Gasteiger partial charge in [-0.3, -0.25) is 14.5 Å². The second-order valence-electron chi connectivity index (χ2n) is 16.0. The quantitative estimate of drug-likeness (QED) is 0.292. The molecule has 2 heterocycles. The van der Waals surface area contributed by atoms with Gasteiger partial charge in [0.1, 0.15) is 11.2 Å². The molecule has 2 saturated heterocycles. The van der Waals surface area contributed by atoms with Crippen molar-refractivity contribution in [2.24, 2.45) is 40.4 Å². The maximum atomic E-state index is 14.1. The molecule has 1 aromatic carbocycles. The third-order valence-electron chi connectivity index (χ3n) is 14.5. The number of anilines is 1. The Morgan fingerprint density at radius 3 is 2.43 bits per heavy atom. The lowest BCUT2D eigenvalue weighted by atomic mass is 9.42. The molecule has 5 aliphatic carbocycles. The van der Waals surface area contributed by atoms with Gasteiger partial charge in [0.25, 0.3) is 0 Å². The number of carbonyl (C=O) groups is 3. The highest BCUT2D eigenvalue weighted by atomic mass is 16.5. The molecule has 12 heteroatoms. The fourth-order valence-corrected chi connectivity index (χ4v) is 13.2. The van der Waals surface area contributed by atoms with Gasteiger partial charge in [-0.05, 0) is 43.9 Å². The Hall–Kier alpha value is -2.45. The number of amides is 2. The van der Waals surface area contributed by atoms with E-state index in [1.54, 1.807) is 59.6 Å². The van der Waals surface area contributed by atoms with Crippen LogP contribution < -0.4 is 4.90 Å². The molecule has 1 spiro atoms. The summed E-state index contributed by atoms with van der Waals surface area (Å²) < 4.78 is 31.4. The molecule has 2 amide bonds. The number of carbonyl (C=O) groups excluding carboxylic acids is 3. The maximum absolute atomic E-state index is 14.1. The Balaban J connectivity index is 1.23. The van der Waals surface area contributed by atoms with E-state index in [1.165, 1.54) is 0 Å². The lowest BCUT2D eigenvalue weighted by Crippen LogP contribution is -2.82. The van der Waals surface area contributed by atoms with Gasteiger partial charge in [-0.2, -0.15) is 0 Å². The highest BCUT2D eigenvalue weighted by Crippen LogP contribution is 2.80. The van der Waals surface area contributed by atoms with Gasteiger partial charge < -0.3 is 33.9 Å². The van der Waals surface area contributed by atoms with Crippen molar-refractivity contribution >= 4 is 23.5 Å². The van der Waals surface area contributed by atoms with E-state index < -0.39 is 46.1 Å². The number of imide groups is 1. The average Bonchev–Trinajstić information content (AvgIpc) is 3.63. The summed E-state index contributed by atoms with van der Waals surface area (Å²) in [6, 6.07) is 6.12. The number of nitrogens with zero attached hydrogens (tertiary/aromatic N) is 2. The SMILES string of the molecule is CCN1C[C@]2(COC(=O)c3ccccc3N3C(=O)C[C@H](C)C3=O)CC[C@@H](OC)[C@@]34[C@@H]2[C@H](OC)[C@](O)([C@@H]13)[C@@]1(O)C[C@H](OC)[C@H]2C[C@H]4[C@@H]1[C@H]2OC. The summed E-state index contributed by atoms with van der Waals surface area (Å²) in [5, 5.41) is 26.6. The zero-order chi connectivity index (χ0) is 34.8. The van der Waals surface area contributed by atoms with Gasteiger partial charge in [-0.25, -0.2) is 9.69 Å². The molecule has 0 unspecified atom stereocenters. The van der Waals surface area contributed by atoms with Gasteiger partial charge in [0.15, 0.2) is 0 Å². The lowest BCUT2D eigenvalue weighted by Gasteiger charge is -2.70. The predicted octanol–water partition coefficient (Wildman–Crippen LogP) is 2.04. The molecule has 1 aromatic rings. The highest BCUT2D eigenvalue weighted by molar-refractivity contribution is 6.22. The number of methoxy groups -OCH3 is 4. The van der Waals surface area contributed by atoms with Crippen LogP contribution in [0.4, 0.5) is 5.69 Å². The molecule has 7 aliphatic rings. The Morgan fingerprint density at radius 1 is 1.04 bits per heavy atom. The molecule has 0 aromatic heterocycles. The summed E-state index contributed by atoms with van der Waals surface area (Å²) in [6.45, 7) is 4.95. The molecule has 14 atom stereocenters. The fraction of sp³-hybridized carbons (Fsp3) is 0.757. The van der Waals surface area contributed by atoms with Crippen LogP contribution in [0, 0.1) is 40.4 Å². The topological polar surface area (TPSA) is 144 Å². The smallest absolute Gasteiger partial charge is 0.340 e. The van der Waals surface area contributed by atoms with Crippen LogP contribution in [0.1, 0.15) is 56.3 Å². The average molecular weight is 683 g/mol. The number of likely N-dealkylation sites (N-methyl/N-ethyl adjacent to an activating group) is 1. The molecule has 49 heavy (non-hydrogen) atoms. The zero-order valence-electron chi connectivity index (χ0n) is 29.3. The Kier molecular flexibility index (Phi) is 7.75. The summed E-state index contributed by atoms with van der Waals surface area (Å²) in [6.07, 6.45) is 0.813. The molecule has 7 bridgehead atoms. The van der Waals surface area contributed by atoms with Gasteiger partial charge in [-0.15, -0.1) is 0 Å². The molecular formula is C37H50N2O10. The second kappa shape index (κ2) is 11.3. The summed E-state index contributed by atoms with van der Waals surface area (Å²) in [4.78, 5) is 43.3. The monoisotopic (exact) mass is 682 g/mol. The number of hydrogen-bond acceptors (Lipinski definition) is 11. The van der Waals surface area contributed by atoms with E-state index in [0.717, 1.165) is 11.3 Å². The zero-order valence-corrected chi connectivity index (χ0v) is 29.3. The Bertz CT molecular complexity index is 1560. The third kappa shape index (κ3) is 3.86. The number of para-hydroxylation sites is 1. The molecular weight excluding hydrogens is 632 g/mol. The first-order valence-corrected chi connectivity index (χ1v) is 17.9. The predicted molar refractivity (Wildman–Crippen MR) is 174 cm³/mol. The van der Waals surface area contributed by atoms with E-state index in [2.05, 4.69) is 11.8 Å². The van der Waals surface area contributed by atoms with Crippen LogP contribution in [0.2, 0.25) is 0 Å². The van der Waals surface area contributed by atoms with Crippen LogP contribution in [0.5, 0.6) is 0 Å². The van der Waals surface area contributed by atoms with E-state index >= 15 is 0 Å². The van der Waals surface area contributed by atoms with E-state index in [9.17, 15) is 24.6 Å². The minimum Gasteiger partial charge on any atom is -0.461 e. The molecule has 5 saturated carbocycles. The van der Waals surface area contributed by atoms with Gasteiger partial charge in [0, 0.05) is 82.3 Å². The summed E-state index contributed by atoms with van der Waals surface area (Å²) in [5.74, 6) is -2.47. The molecule has 2 aliphatic heterocycles. The van der Waals surface area contributed by atoms with Crippen molar-refractivity contribution in [1.29, 1.82) is 0 Å². The summed E-state index contributed by atoms with van der Waals surface area (Å²) in [5.41, 5.74) is -4.17. The van der Waals surface area contributed by atoms with Crippen molar-refractivity contribution < 1.29 is 48.3 Å². The number of ether oxygens (including phenoxy) is 5. The number of likely N-dealkylation sites (tertiary alicyclic amines) is 1. The van der Waals surface area contributed by atoms with Gasteiger partial charge in [-0.1, -0.05) is 26.0 Å². The van der Waals surface area contributed by atoms with Crippen molar-refractivity contribution in [3.8, 4) is 0 Å². The van der Waals surface area contributed by atoms with Crippen LogP contribution in [-0.2, 0) is 33.3 Å². The number of piperidine rings is 1. The van der Waals surface area contributed by atoms with E-state index in [0.29, 0.717) is 25.9 Å². The molecule has 268 valence electrons. The van der Waals surface area contributed by atoms with Crippen LogP contribution >= 0.6 is 0 Å². The van der Waals surface area contributed by atoms with Gasteiger partial charge >= 0.3 is 5.97 Å². The molecule has 0 radical (unpaired) electrons. The van der Waals surface area contributed by atoms with Crippen molar-refractivity contribution in [3.63, 3.8) is 0 Å². The Morgan fingerprint density at radius 2 is 1.80 bits per heavy atom. The number of esters is 1. The van der Waals surface area contributed by atoms with E-state index in [1.807, 2.05) is 0 Å². The van der Waals surface area contributed by atoms with E-state index in [4.69, 9.17) is 23.7 Å². The standard InChI is InChI=1S/C37H50N2O10/c1-7-38-17-34(18-49-32(42)20-10-8-9-11-23(20)39-26(40)14-19(2)31(39)41)13-12-25(46-4)36-22-15-21-24(45-3)16-35(43,27(22)28(21)47-5)37(44,33(36)38)30(48-6)29(34)36/h8-11,19,21-22,24-25,27-30,33,43-44H,7,12-18H2,1-6H3/t19-,21+,22-,24-,25+,27+,28-,29+,30-,33-,34-,35+,36-,37-/m0/s1. The number of rotatable bonds is 9. The lowest BCUT2D eigenvalue weighted by molar-refractivity contribution is -0.320. The number of aliphatic hydroxyl groups is 2. The minimum absolute atomic E-state index is 0.0358. The largest absolute Gasteiger partial charge is 0.461 e. The van der Waals surface area contributed by atoms with Crippen LogP contribution in [0.3, 0.4) is 0 Å². The molecule has 2 N–H and O–H groups in total. The normalized spacial score (nSPS) is 48.0. The minimum atomic E-state index is -1.70. The second-order valence-corrected chi connectivity index (χ2v) is 16.0. The van der Waals surface area contributed by atoms with Crippen molar-refractivity contribution in [3.05, 3.63) is 29.8 Å². The van der Waals surface area contributed by atoms with Crippen molar-refractivity contribution in [2.75, 3.05) is 53.0 Å². The third-order valence-corrected chi connectivity index (χ3v) is 14.5. The van der Waals surface area contributed by atoms with Crippen molar-refractivity contribution in [2.45, 2.75) is 87.6 Å². The van der Waals surface area contributed by atoms with Gasteiger partial charge in [0.2, 0.25) is 11.8 Å². The van der Waals surface area contributed by atoms with Crippen molar-refractivity contribution in [1.82, 2.24) is 4.90 Å².